The lowest BCUT2D eigenvalue weighted by molar-refractivity contribution is 0.0990. The summed E-state index contributed by atoms with van der Waals surface area (Å²) in [4.78, 5) is 19.7. The Balaban J connectivity index is 1.76. The summed E-state index contributed by atoms with van der Waals surface area (Å²) < 4.78 is 0. The maximum atomic E-state index is 13.2. The van der Waals surface area contributed by atoms with Crippen LogP contribution in [0.15, 0.2) is 61.2 Å². The monoisotopic (exact) mass is 376 g/mol. The predicted molar refractivity (Wildman–Crippen MR) is 112 cm³/mol. The van der Waals surface area contributed by atoms with Gasteiger partial charge in [0.05, 0.1) is 10.5 Å². The second-order valence-electron chi connectivity index (χ2n) is 6.83. The molecular formula is C23H21ClN2O. The van der Waals surface area contributed by atoms with E-state index in [4.69, 9.17) is 16.6 Å². The summed E-state index contributed by atoms with van der Waals surface area (Å²) in [5.41, 5.74) is 4.49. The van der Waals surface area contributed by atoms with Gasteiger partial charge in [-0.2, -0.15) is 0 Å². The van der Waals surface area contributed by atoms with Crippen molar-refractivity contribution in [3.05, 3.63) is 83.0 Å². The number of carbonyl (C=O) groups is 1. The molecule has 0 atom stereocenters. The Labute approximate surface area is 164 Å². The number of rotatable bonds is 4. The van der Waals surface area contributed by atoms with Gasteiger partial charge in [-0.1, -0.05) is 41.9 Å². The van der Waals surface area contributed by atoms with Gasteiger partial charge in [0, 0.05) is 28.9 Å². The van der Waals surface area contributed by atoms with Crippen molar-refractivity contribution < 1.29 is 4.79 Å². The number of amides is 1. The minimum atomic E-state index is -0.0707. The third-order valence-corrected chi connectivity index (χ3v) is 5.50. The van der Waals surface area contributed by atoms with Gasteiger partial charge < -0.3 is 4.90 Å². The third-order valence-electron chi connectivity index (χ3n) is 5.06. The van der Waals surface area contributed by atoms with Gasteiger partial charge in [0.1, 0.15) is 0 Å². The molecule has 1 heterocycles. The van der Waals surface area contributed by atoms with Crippen molar-refractivity contribution in [2.75, 3.05) is 11.4 Å². The van der Waals surface area contributed by atoms with Crippen LogP contribution in [0.4, 0.5) is 5.69 Å². The fraction of sp³-hybridized carbons (Fsp3) is 0.217. The van der Waals surface area contributed by atoms with Crippen LogP contribution < -0.4 is 4.90 Å². The fourth-order valence-corrected chi connectivity index (χ4v) is 4.06. The molecule has 3 aromatic rings. The van der Waals surface area contributed by atoms with E-state index >= 15 is 0 Å². The lowest BCUT2D eigenvalue weighted by Gasteiger charge is -2.22. The molecule has 1 amide bonds. The zero-order valence-electron chi connectivity index (χ0n) is 15.1. The molecule has 0 spiro atoms. The number of aromatic nitrogens is 1. The van der Waals surface area contributed by atoms with Gasteiger partial charge in [-0.05, 0) is 55.5 Å². The number of halogens is 1. The molecule has 4 rings (SSSR count). The molecular weight excluding hydrogens is 356 g/mol. The summed E-state index contributed by atoms with van der Waals surface area (Å²) in [6, 6.07) is 15.3. The average Bonchev–Trinajstić information content (AvgIpc) is 2.72. The van der Waals surface area contributed by atoms with E-state index in [0.29, 0.717) is 12.1 Å². The van der Waals surface area contributed by atoms with Crippen LogP contribution in [0.25, 0.3) is 10.9 Å². The summed E-state index contributed by atoms with van der Waals surface area (Å²) >= 11 is 6.65. The number of aryl methyl sites for hydroxylation is 1. The number of hydrogen-bond acceptors (Lipinski definition) is 2. The quantitative estimate of drug-likeness (QED) is 0.555. The fourth-order valence-electron chi connectivity index (χ4n) is 3.70. The largest absolute Gasteiger partial charge is 0.305 e. The molecule has 1 aliphatic rings. The van der Waals surface area contributed by atoms with E-state index in [1.165, 1.54) is 5.56 Å². The van der Waals surface area contributed by atoms with Crippen molar-refractivity contribution in [3.8, 4) is 0 Å². The Morgan fingerprint density at radius 1 is 1.15 bits per heavy atom. The number of carbonyl (C=O) groups excluding carboxylic acids is 1. The molecule has 27 heavy (non-hydrogen) atoms. The van der Waals surface area contributed by atoms with Crippen molar-refractivity contribution in [2.24, 2.45) is 0 Å². The number of hydrogen-bond donors (Lipinski definition) is 0. The lowest BCUT2D eigenvalue weighted by atomic mass is 9.94. The molecule has 3 nitrogen and oxygen atoms in total. The van der Waals surface area contributed by atoms with E-state index in [2.05, 4.69) is 6.58 Å². The highest BCUT2D eigenvalue weighted by Gasteiger charge is 2.20. The molecule has 4 heteroatoms. The van der Waals surface area contributed by atoms with E-state index < -0.39 is 0 Å². The van der Waals surface area contributed by atoms with Crippen molar-refractivity contribution in [1.82, 2.24) is 4.98 Å². The molecule has 0 N–H and O–H groups in total. The minimum absolute atomic E-state index is 0.0707. The molecule has 0 aliphatic heterocycles. The second-order valence-corrected chi connectivity index (χ2v) is 7.21. The normalized spacial score (nSPS) is 13.2. The van der Waals surface area contributed by atoms with E-state index in [1.807, 2.05) is 48.5 Å². The first-order valence-electron chi connectivity index (χ1n) is 9.28. The van der Waals surface area contributed by atoms with Gasteiger partial charge in [0.2, 0.25) is 0 Å². The van der Waals surface area contributed by atoms with Crippen molar-refractivity contribution in [1.29, 1.82) is 0 Å². The Bertz CT molecular complexity index is 1010. The standard InChI is InChI=1S/C23H21ClN2O/c1-2-14-26(17-8-4-3-5-9-17)23(27)16-12-13-19-21(15-16)25-20-11-7-6-10-18(20)22(19)24/h2-5,8-9,12-13,15H,1,6-7,10-11,14H2. The summed E-state index contributed by atoms with van der Waals surface area (Å²) in [5, 5.41) is 1.71. The number of nitrogens with zero attached hydrogens (tertiary/aromatic N) is 2. The van der Waals surface area contributed by atoms with Gasteiger partial charge >= 0.3 is 0 Å². The molecule has 1 aliphatic carbocycles. The number of para-hydroxylation sites is 1. The molecule has 1 aromatic heterocycles. The van der Waals surface area contributed by atoms with Gasteiger partial charge in [-0.3, -0.25) is 9.78 Å². The van der Waals surface area contributed by atoms with Crippen molar-refractivity contribution in [2.45, 2.75) is 25.7 Å². The minimum Gasteiger partial charge on any atom is -0.305 e. The smallest absolute Gasteiger partial charge is 0.258 e. The van der Waals surface area contributed by atoms with Gasteiger partial charge in [0.25, 0.3) is 5.91 Å². The molecule has 0 bridgehead atoms. The number of benzene rings is 2. The Kier molecular flexibility index (Phi) is 4.95. The Morgan fingerprint density at radius 2 is 1.93 bits per heavy atom. The van der Waals surface area contributed by atoms with Crippen LogP contribution in [0, 0.1) is 0 Å². The summed E-state index contributed by atoms with van der Waals surface area (Å²) in [6.07, 6.45) is 5.97. The van der Waals surface area contributed by atoms with E-state index in [0.717, 1.165) is 53.0 Å². The first-order valence-corrected chi connectivity index (χ1v) is 9.65. The van der Waals surface area contributed by atoms with Crippen molar-refractivity contribution >= 4 is 34.1 Å². The van der Waals surface area contributed by atoms with Crippen LogP contribution in [0.1, 0.15) is 34.5 Å². The van der Waals surface area contributed by atoms with E-state index in [9.17, 15) is 4.79 Å². The number of anilines is 1. The third kappa shape index (κ3) is 3.35. The molecule has 0 saturated heterocycles. The maximum Gasteiger partial charge on any atom is 0.258 e. The lowest BCUT2D eigenvalue weighted by Crippen LogP contribution is -2.31. The van der Waals surface area contributed by atoms with Crippen LogP contribution in [-0.2, 0) is 12.8 Å². The highest BCUT2D eigenvalue weighted by Crippen LogP contribution is 2.33. The average molecular weight is 377 g/mol. The highest BCUT2D eigenvalue weighted by atomic mass is 35.5. The molecule has 0 saturated carbocycles. The van der Waals surface area contributed by atoms with Crippen molar-refractivity contribution in [3.63, 3.8) is 0 Å². The van der Waals surface area contributed by atoms with Crippen LogP contribution >= 0.6 is 11.6 Å². The highest BCUT2D eigenvalue weighted by molar-refractivity contribution is 6.36. The van der Waals surface area contributed by atoms with Gasteiger partial charge in [0.15, 0.2) is 0 Å². The Hall–Kier alpha value is -2.65. The van der Waals surface area contributed by atoms with Crippen LogP contribution in [0.2, 0.25) is 5.02 Å². The first kappa shape index (κ1) is 17.7. The van der Waals surface area contributed by atoms with E-state index in [1.54, 1.807) is 11.0 Å². The van der Waals surface area contributed by atoms with E-state index in [-0.39, 0.29) is 5.91 Å². The zero-order valence-corrected chi connectivity index (χ0v) is 15.9. The molecule has 0 fully saturated rings. The zero-order chi connectivity index (χ0) is 18.8. The SMILES string of the molecule is C=CCN(C(=O)c1ccc2c(Cl)c3c(nc2c1)CCCC3)c1ccccc1. The van der Waals surface area contributed by atoms with Crippen LogP contribution in [0.5, 0.6) is 0 Å². The molecule has 0 unspecified atom stereocenters. The van der Waals surface area contributed by atoms with Crippen LogP contribution in [-0.4, -0.2) is 17.4 Å². The molecule has 0 radical (unpaired) electrons. The first-order chi connectivity index (χ1) is 13.2. The maximum absolute atomic E-state index is 13.2. The molecule has 136 valence electrons. The summed E-state index contributed by atoms with van der Waals surface area (Å²) in [6.45, 7) is 4.23. The van der Waals surface area contributed by atoms with Crippen LogP contribution in [0.3, 0.4) is 0 Å². The topological polar surface area (TPSA) is 33.2 Å². The number of pyridine rings is 1. The molecule has 2 aromatic carbocycles. The number of fused-ring (bicyclic) bond motifs is 2. The van der Waals surface area contributed by atoms with Gasteiger partial charge in [-0.15, -0.1) is 6.58 Å². The Morgan fingerprint density at radius 3 is 2.70 bits per heavy atom. The summed E-state index contributed by atoms with van der Waals surface area (Å²) in [7, 11) is 0. The summed E-state index contributed by atoms with van der Waals surface area (Å²) in [5.74, 6) is -0.0707. The van der Waals surface area contributed by atoms with Gasteiger partial charge in [-0.25, -0.2) is 0 Å². The predicted octanol–water partition coefficient (Wildman–Crippen LogP) is 5.60. The second kappa shape index (κ2) is 7.53.